The largest absolute Gasteiger partial charge is 0.462 e. The third kappa shape index (κ3) is 12.3. The number of unbranched alkanes of at least 4 members (excludes halogenated alkanes) is 1. The van der Waals surface area contributed by atoms with E-state index in [1.165, 1.54) is 80.1 Å². The number of hydrogen-bond donors (Lipinski definition) is 0. The molecular formula is C39H40N6O13S4. The number of fused-ring (bicyclic) bond motifs is 2. The van der Waals surface area contributed by atoms with Crippen molar-refractivity contribution >= 4 is 78.3 Å². The lowest BCUT2D eigenvalue weighted by Crippen LogP contribution is -2.29. The molecule has 5 atom stereocenters. The number of Topliss-reactive ketones (excluding diaryl/α,β-unsaturated/α-hetero) is 1. The number of esters is 1. The fourth-order valence-electron chi connectivity index (χ4n) is 5.51. The first-order chi connectivity index (χ1) is 29.7. The maximum absolute atomic E-state index is 12.9. The van der Waals surface area contributed by atoms with Gasteiger partial charge < -0.3 is 21.5 Å². The van der Waals surface area contributed by atoms with Gasteiger partial charge in [-0.15, -0.1) is 10.2 Å². The average Bonchev–Trinajstić information content (AvgIpc) is 3.24. The van der Waals surface area contributed by atoms with Gasteiger partial charge in [-0.1, -0.05) is 65.5 Å². The van der Waals surface area contributed by atoms with Gasteiger partial charge in [-0.25, -0.2) is 13.2 Å². The monoisotopic (exact) mass is 928 g/mol. The number of carbonyl (C=O) groups is 2. The van der Waals surface area contributed by atoms with E-state index in [2.05, 4.69) is 27.5 Å². The Labute approximate surface area is 364 Å². The topological polar surface area (TPSA) is 244 Å². The lowest BCUT2D eigenvalue weighted by Gasteiger charge is -2.15. The molecule has 6 aromatic rings. The van der Waals surface area contributed by atoms with Crippen molar-refractivity contribution in [3.63, 3.8) is 0 Å². The Morgan fingerprint density at radius 1 is 0.661 bits per heavy atom. The lowest BCUT2D eigenvalue weighted by molar-refractivity contribution is 0.0426. The van der Waals surface area contributed by atoms with Crippen molar-refractivity contribution in [1.82, 2.24) is 28.8 Å². The average molecular weight is 929 g/mol. The van der Waals surface area contributed by atoms with Gasteiger partial charge in [0.1, 0.15) is 28.1 Å². The summed E-state index contributed by atoms with van der Waals surface area (Å²) in [6.07, 6.45) is 6.65. The minimum absolute atomic E-state index is 0.0234. The van der Waals surface area contributed by atoms with E-state index in [9.17, 15) is 36.0 Å². The van der Waals surface area contributed by atoms with Crippen LogP contribution in [0, 0.1) is 5.92 Å². The van der Waals surface area contributed by atoms with Crippen LogP contribution in [0.3, 0.4) is 0 Å². The highest BCUT2D eigenvalue weighted by Gasteiger charge is 2.21. The maximum atomic E-state index is 12.9. The Bertz CT molecular complexity index is 2820. The number of aromatic nitrogens is 6. The maximum Gasteiger partial charge on any atom is 0.344 e. The van der Waals surface area contributed by atoms with Crippen LogP contribution in [-0.2, 0) is 49.4 Å². The number of nitrogens with zero attached hydrogens (tertiary/aromatic N) is 6. The van der Waals surface area contributed by atoms with Gasteiger partial charge in [0, 0.05) is 12.5 Å². The van der Waals surface area contributed by atoms with E-state index < -0.39 is 61.8 Å². The van der Waals surface area contributed by atoms with Crippen LogP contribution in [0.4, 0.5) is 0 Å². The van der Waals surface area contributed by atoms with Crippen LogP contribution in [0.1, 0.15) is 67.2 Å². The second-order valence-electron chi connectivity index (χ2n) is 13.0. The summed E-state index contributed by atoms with van der Waals surface area (Å²) in [6.45, 7) is 5.77. The predicted molar refractivity (Wildman–Crippen MR) is 232 cm³/mol. The molecule has 5 unspecified atom stereocenters. The summed E-state index contributed by atoms with van der Waals surface area (Å²) in [5.74, 6) is -0.243. The number of carbonyl (C=O) groups excluding carboxylic acids is 2. The van der Waals surface area contributed by atoms with Gasteiger partial charge in [0.15, 0.2) is 17.3 Å². The van der Waals surface area contributed by atoms with E-state index in [0.29, 0.717) is 8.17 Å². The second-order valence-corrected chi connectivity index (χ2v) is 16.9. The molecule has 0 amide bonds. The van der Waals surface area contributed by atoms with Gasteiger partial charge in [-0.2, -0.15) is 8.42 Å². The molecule has 0 N–H and O–H groups in total. The van der Waals surface area contributed by atoms with Gasteiger partial charge >= 0.3 is 28.5 Å². The van der Waals surface area contributed by atoms with Crippen LogP contribution in [0.25, 0.3) is 21.8 Å². The number of rotatable bonds is 18. The summed E-state index contributed by atoms with van der Waals surface area (Å²) < 4.78 is 75.2. The molecule has 0 aliphatic rings. The predicted octanol–water partition coefficient (Wildman–Crippen LogP) is 4.52. The zero-order valence-electron chi connectivity index (χ0n) is 33.8. The van der Waals surface area contributed by atoms with Gasteiger partial charge in [0.2, 0.25) is 22.2 Å². The van der Waals surface area contributed by atoms with Crippen LogP contribution in [0.5, 0.6) is 23.0 Å². The molecule has 0 aliphatic heterocycles. The smallest absolute Gasteiger partial charge is 0.344 e. The summed E-state index contributed by atoms with van der Waals surface area (Å²) in [5.41, 5.74) is -0.738. The summed E-state index contributed by atoms with van der Waals surface area (Å²) in [6, 6.07) is 20.9. The third-order valence-corrected chi connectivity index (χ3v) is 11.2. The molecule has 328 valence electrons. The molecule has 0 aliphatic carbocycles. The normalized spacial score (nSPS) is 13.4. The first-order valence-corrected chi connectivity index (χ1v) is 23.6. The molecule has 0 fully saturated rings. The first kappa shape index (κ1) is 47.0. The molecule has 4 aromatic carbocycles. The second kappa shape index (κ2) is 22.2. The van der Waals surface area contributed by atoms with Crippen molar-refractivity contribution < 1.29 is 47.9 Å². The number of para-hydroxylation sites is 2. The van der Waals surface area contributed by atoms with Crippen LogP contribution in [-0.4, -0.2) is 76.5 Å². The Kier molecular flexibility index (Phi) is 16.8. The SMILES string of the molecule is CC(=O)c1ccccc1OS(=O)n1nnc2ccc(OS(C)=O)cc2c1=O.CCCCC(CC)COC(=O)c1ccccc1OS(=O)n1nnc2ccc(OS(C)=O)cc2c1=O. The minimum Gasteiger partial charge on any atom is -0.462 e. The molecule has 0 saturated heterocycles. The lowest BCUT2D eigenvalue weighted by atomic mass is 10.0. The molecule has 2 aromatic heterocycles. The summed E-state index contributed by atoms with van der Waals surface area (Å²) in [4.78, 5) is 49.8. The van der Waals surface area contributed by atoms with Crippen LogP contribution in [0.2, 0.25) is 0 Å². The zero-order chi connectivity index (χ0) is 44.9. The van der Waals surface area contributed by atoms with Crippen molar-refractivity contribution in [2.45, 2.75) is 46.5 Å². The fraction of sp³-hybridized carbons (Fsp3) is 0.282. The Balaban J connectivity index is 0.000000242. The third-order valence-electron chi connectivity index (χ3n) is 8.61. The number of benzene rings is 4. The summed E-state index contributed by atoms with van der Waals surface area (Å²) in [5, 5.41) is 15.1. The van der Waals surface area contributed by atoms with Gasteiger partial charge in [-0.3, -0.25) is 14.4 Å². The first-order valence-electron chi connectivity index (χ1n) is 18.6. The molecule has 6 rings (SSSR count). The highest BCUT2D eigenvalue weighted by atomic mass is 32.2. The highest BCUT2D eigenvalue weighted by molar-refractivity contribution is 7.80. The van der Waals surface area contributed by atoms with Gasteiger partial charge in [0.05, 0.1) is 22.9 Å². The zero-order valence-corrected chi connectivity index (χ0v) is 37.1. The molecule has 19 nitrogen and oxygen atoms in total. The number of hydrogen-bond acceptors (Lipinski definition) is 17. The van der Waals surface area contributed by atoms with Crippen molar-refractivity contribution in [1.29, 1.82) is 0 Å². The summed E-state index contributed by atoms with van der Waals surface area (Å²) >= 11 is -7.98. The van der Waals surface area contributed by atoms with Crippen molar-refractivity contribution in [2.75, 3.05) is 19.1 Å². The van der Waals surface area contributed by atoms with E-state index >= 15 is 0 Å². The van der Waals surface area contributed by atoms with Crippen molar-refractivity contribution in [2.24, 2.45) is 5.92 Å². The quantitative estimate of drug-likeness (QED) is 0.0850. The molecule has 23 heteroatoms. The van der Waals surface area contributed by atoms with Crippen molar-refractivity contribution in [3.8, 4) is 23.0 Å². The Morgan fingerprint density at radius 3 is 1.58 bits per heavy atom. The number of ketones is 1. The van der Waals surface area contributed by atoms with E-state index in [1.54, 1.807) is 24.3 Å². The molecule has 62 heavy (non-hydrogen) atoms. The molecular weight excluding hydrogens is 889 g/mol. The van der Waals surface area contributed by atoms with E-state index in [1.807, 2.05) is 6.92 Å². The molecule has 0 radical (unpaired) electrons. The highest BCUT2D eigenvalue weighted by Crippen LogP contribution is 2.23. The van der Waals surface area contributed by atoms with E-state index in [0.717, 1.165) is 25.7 Å². The fourth-order valence-corrected chi connectivity index (χ4v) is 7.66. The Hall–Kier alpha value is -6.04. The summed E-state index contributed by atoms with van der Waals surface area (Å²) in [7, 11) is 0. The van der Waals surface area contributed by atoms with Crippen LogP contribution >= 0.6 is 0 Å². The minimum atomic E-state index is -2.44. The van der Waals surface area contributed by atoms with Crippen LogP contribution in [0.15, 0.2) is 94.5 Å². The van der Waals surface area contributed by atoms with E-state index in [-0.39, 0.29) is 74.2 Å². The standard InChI is InChI=1S/C23H27N3O7S2.C16H13N3O6S2/c1-4-6-9-16(5-2)15-31-23(28)18-10-7-8-11-21(18)33-35(30)26-22(27)19-14-17(32-34(3)29)12-13-20(19)24-25-26;1-10(20)12-5-3-4-6-15(12)25-27(23)19-16(21)13-9-11(24-26(2)22)7-8-14(13)17-18-19/h7-8,10-14,16H,4-6,9,15H2,1-3H3;3-9H,1-2H3. The molecule has 2 heterocycles. The van der Waals surface area contributed by atoms with Gasteiger partial charge in [0.25, 0.3) is 11.1 Å². The molecule has 0 bridgehead atoms. The van der Waals surface area contributed by atoms with E-state index in [4.69, 9.17) is 21.5 Å². The Morgan fingerprint density at radius 2 is 1.13 bits per heavy atom. The molecule has 0 saturated carbocycles. The van der Waals surface area contributed by atoms with Gasteiger partial charge in [-0.05, 0) is 90.4 Å². The number of ether oxygens (including phenoxy) is 1. The molecule has 0 spiro atoms. The van der Waals surface area contributed by atoms with Crippen LogP contribution < -0.4 is 27.9 Å². The van der Waals surface area contributed by atoms with Crippen molar-refractivity contribution in [3.05, 3.63) is 117 Å².